The number of nitrogens with zero attached hydrogens (tertiary/aromatic N) is 1. The number of nitrogens with one attached hydrogen (secondary N) is 2. The monoisotopic (exact) mass is 553 g/mol. The van der Waals surface area contributed by atoms with Crippen molar-refractivity contribution < 1.29 is 19.1 Å². The third kappa shape index (κ3) is 8.46. The zero-order valence-electron chi connectivity index (χ0n) is 24.6. The molecule has 7 nitrogen and oxygen atoms in total. The van der Waals surface area contributed by atoms with Gasteiger partial charge in [0.1, 0.15) is 17.7 Å². The lowest BCUT2D eigenvalue weighted by molar-refractivity contribution is -0.142. The molecule has 3 rings (SSSR count). The molecule has 0 aromatic heterocycles. The van der Waals surface area contributed by atoms with Gasteiger partial charge in [-0.2, -0.15) is 0 Å². The molecule has 0 aliphatic rings. The van der Waals surface area contributed by atoms with E-state index in [2.05, 4.69) is 16.6 Å². The van der Waals surface area contributed by atoms with Crippen molar-refractivity contribution in [1.82, 2.24) is 10.2 Å². The van der Waals surface area contributed by atoms with Crippen molar-refractivity contribution in [1.29, 1.82) is 0 Å². The van der Waals surface area contributed by atoms with E-state index in [9.17, 15) is 14.4 Å². The Kier molecular flexibility index (Phi) is 10.3. The van der Waals surface area contributed by atoms with Gasteiger partial charge in [0.25, 0.3) is 5.91 Å². The number of anilines is 1. The number of hydrogen-bond acceptors (Lipinski definition) is 4. The third-order valence-electron chi connectivity index (χ3n) is 6.42. The SMILES string of the molecule is C#Cc1ccccc1C(C(=O)Nc1ccccc1C)N(C(=O)C(Cc1ccccc1)NC(=O)OC(C)(C)C)C(C)C. The fourth-order valence-electron chi connectivity index (χ4n) is 4.56. The van der Waals surface area contributed by atoms with Crippen molar-refractivity contribution in [2.75, 3.05) is 5.32 Å². The highest BCUT2D eigenvalue weighted by molar-refractivity contribution is 6.00. The molecule has 0 saturated carbocycles. The predicted molar refractivity (Wildman–Crippen MR) is 162 cm³/mol. The first-order chi connectivity index (χ1) is 19.4. The second-order valence-corrected chi connectivity index (χ2v) is 11.2. The van der Waals surface area contributed by atoms with Gasteiger partial charge in [-0.1, -0.05) is 72.7 Å². The summed E-state index contributed by atoms with van der Waals surface area (Å²) in [5.74, 6) is 1.80. The number of terminal acetylenes is 1. The number of rotatable bonds is 9. The maximum atomic E-state index is 14.5. The summed E-state index contributed by atoms with van der Waals surface area (Å²) in [6, 6.07) is 21.4. The molecule has 0 heterocycles. The van der Waals surface area contributed by atoms with E-state index in [1.54, 1.807) is 51.1 Å². The highest BCUT2D eigenvalue weighted by Crippen LogP contribution is 2.30. The lowest BCUT2D eigenvalue weighted by Gasteiger charge is -2.37. The maximum absolute atomic E-state index is 14.5. The van der Waals surface area contributed by atoms with Crippen LogP contribution in [0.25, 0.3) is 0 Å². The molecule has 2 N–H and O–H groups in total. The maximum Gasteiger partial charge on any atom is 0.408 e. The van der Waals surface area contributed by atoms with E-state index in [-0.39, 0.29) is 6.42 Å². The number of hydrogen-bond donors (Lipinski definition) is 2. The summed E-state index contributed by atoms with van der Waals surface area (Å²) >= 11 is 0. The second kappa shape index (κ2) is 13.7. The van der Waals surface area contributed by atoms with Crippen LogP contribution < -0.4 is 10.6 Å². The molecule has 0 saturated heterocycles. The van der Waals surface area contributed by atoms with Crippen LogP contribution in [0.15, 0.2) is 78.9 Å². The minimum atomic E-state index is -1.08. The molecular formula is C34H39N3O4. The summed E-state index contributed by atoms with van der Waals surface area (Å²) in [5, 5.41) is 5.76. The molecule has 0 fully saturated rings. The van der Waals surface area contributed by atoms with Crippen LogP contribution in [0.3, 0.4) is 0 Å². The average molecular weight is 554 g/mol. The van der Waals surface area contributed by atoms with Crippen molar-refractivity contribution in [2.24, 2.45) is 0 Å². The van der Waals surface area contributed by atoms with Crippen LogP contribution in [0.5, 0.6) is 0 Å². The van der Waals surface area contributed by atoms with Gasteiger partial charge >= 0.3 is 6.09 Å². The van der Waals surface area contributed by atoms with E-state index in [1.165, 1.54) is 4.90 Å². The number of para-hydroxylation sites is 1. The number of amides is 3. The molecule has 0 aliphatic heterocycles. The van der Waals surface area contributed by atoms with Crippen molar-refractivity contribution in [3.63, 3.8) is 0 Å². The zero-order chi connectivity index (χ0) is 30.2. The molecule has 2 unspecified atom stereocenters. The summed E-state index contributed by atoms with van der Waals surface area (Å²) in [7, 11) is 0. The summed E-state index contributed by atoms with van der Waals surface area (Å²) in [6.07, 6.45) is 5.32. The molecule has 3 aromatic rings. The molecule has 3 amide bonds. The molecular weight excluding hydrogens is 514 g/mol. The lowest BCUT2D eigenvalue weighted by atomic mass is 9.95. The Morgan fingerprint density at radius 1 is 0.927 bits per heavy atom. The first-order valence-electron chi connectivity index (χ1n) is 13.7. The van der Waals surface area contributed by atoms with Gasteiger partial charge in [-0.3, -0.25) is 9.59 Å². The van der Waals surface area contributed by atoms with Crippen molar-refractivity contribution in [3.8, 4) is 12.3 Å². The topological polar surface area (TPSA) is 87.7 Å². The van der Waals surface area contributed by atoms with Gasteiger partial charge in [0.05, 0.1) is 0 Å². The molecule has 41 heavy (non-hydrogen) atoms. The first kappa shape index (κ1) is 31.0. The van der Waals surface area contributed by atoms with Crippen LogP contribution in [-0.4, -0.2) is 40.5 Å². The fourth-order valence-corrected chi connectivity index (χ4v) is 4.56. The van der Waals surface area contributed by atoms with E-state index in [0.717, 1.165) is 11.1 Å². The first-order valence-corrected chi connectivity index (χ1v) is 13.7. The minimum absolute atomic E-state index is 0.199. The molecule has 0 bridgehead atoms. The predicted octanol–water partition coefficient (Wildman–Crippen LogP) is 6.03. The van der Waals surface area contributed by atoms with Gasteiger partial charge in [0, 0.05) is 23.7 Å². The van der Waals surface area contributed by atoms with Crippen LogP contribution >= 0.6 is 0 Å². The average Bonchev–Trinajstić information content (AvgIpc) is 2.91. The molecule has 0 aliphatic carbocycles. The zero-order valence-corrected chi connectivity index (χ0v) is 24.6. The van der Waals surface area contributed by atoms with E-state index >= 15 is 0 Å². The Labute approximate surface area is 243 Å². The summed E-state index contributed by atoms with van der Waals surface area (Å²) in [4.78, 5) is 42.9. The lowest BCUT2D eigenvalue weighted by Crippen LogP contribution is -2.55. The summed E-state index contributed by atoms with van der Waals surface area (Å²) in [5.41, 5.74) is 2.60. The van der Waals surface area contributed by atoms with Crippen LogP contribution in [0.4, 0.5) is 10.5 Å². The van der Waals surface area contributed by atoms with Crippen LogP contribution in [0.2, 0.25) is 0 Å². The Hall–Kier alpha value is -4.57. The number of carbonyl (C=O) groups is 3. The number of aryl methyl sites for hydroxylation is 1. The molecule has 2 atom stereocenters. The Morgan fingerprint density at radius 3 is 2.15 bits per heavy atom. The second-order valence-electron chi connectivity index (χ2n) is 11.2. The third-order valence-corrected chi connectivity index (χ3v) is 6.42. The smallest absolute Gasteiger partial charge is 0.408 e. The number of benzene rings is 3. The quantitative estimate of drug-likeness (QED) is 0.317. The van der Waals surface area contributed by atoms with Gasteiger partial charge in [0.15, 0.2) is 0 Å². The fraction of sp³-hybridized carbons (Fsp3) is 0.324. The Balaban J connectivity index is 2.10. The number of carbonyl (C=O) groups excluding carboxylic acids is 3. The van der Waals surface area contributed by atoms with Gasteiger partial charge in [0.2, 0.25) is 5.91 Å². The summed E-state index contributed by atoms with van der Waals surface area (Å²) in [6.45, 7) is 10.8. The highest BCUT2D eigenvalue weighted by atomic mass is 16.6. The summed E-state index contributed by atoms with van der Waals surface area (Å²) < 4.78 is 5.49. The van der Waals surface area contributed by atoms with Crippen molar-refractivity contribution >= 4 is 23.6 Å². The van der Waals surface area contributed by atoms with E-state index in [4.69, 9.17) is 11.2 Å². The number of alkyl carbamates (subject to hydrolysis) is 1. The Morgan fingerprint density at radius 2 is 1.54 bits per heavy atom. The van der Waals surface area contributed by atoms with E-state index in [0.29, 0.717) is 16.8 Å². The standard InChI is InChI=1S/C34H39N3O4/c1-8-26-19-13-14-20-27(26)30(31(38)35-28-21-15-12-16-24(28)4)37(23(2)3)32(39)29(22-25-17-10-9-11-18-25)36-33(40)41-34(5,6)7/h1,9-21,23,29-30H,22H2,2-7H3,(H,35,38)(H,36,40). The highest BCUT2D eigenvalue weighted by Gasteiger charge is 2.38. The molecule has 0 radical (unpaired) electrons. The van der Waals surface area contributed by atoms with Gasteiger partial charge in [-0.05, 0) is 70.4 Å². The van der Waals surface area contributed by atoms with Gasteiger partial charge < -0.3 is 20.3 Å². The van der Waals surface area contributed by atoms with E-state index in [1.807, 2.05) is 69.3 Å². The van der Waals surface area contributed by atoms with Crippen molar-refractivity contribution in [2.45, 2.75) is 71.7 Å². The Bertz CT molecular complexity index is 1400. The van der Waals surface area contributed by atoms with Crippen LogP contribution in [0.1, 0.15) is 62.9 Å². The van der Waals surface area contributed by atoms with E-state index < -0.39 is 41.6 Å². The normalized spacial score (nSPS) is 12.5. The van der Waals surface area contributed by atoms with Gasteiger partial charge in [-0.15, -0.1) is 6.42 Å². The van der Waals surface area contributed by atoms with Crippen molar-refractivity contribution in [3.05, 3.63) is 101 Å². The van der Waals surface area contributed by atoms with Crippen LogP contribution in [-0.2, 0) is 20.7 Å². The van der Waals surface area contributed by atoms with Gasteiger partial charge in [-0.25, -0.2) is 4.79 Å². The largest absolute Gasteiger partial charge is 0.444 e. The molecule has 0 spiro atoms. The molecule has 7 heteroatoms. The molecule has 214 valence electrons. The number of ether oxygens (including phenoxy) is 1. The minimum Gasteiger partial charge on any atom is -0.444 e. The van der Waals surface area contributed by atoms with Crippen LogP contribution in [0, 0.1) is 19.3 Å². The molecule has 3 aromatic carbocycles.